The lowest BCUT2D eigenvalue weighted by molar-refractivity contribution is 0.244. The molecule has 1 saturated heterocycles. The lowest BCUT2D eigenvalue weighted by atomic mass is 10.2. The van der Waals surface area contributed by atoms with Crippen molar-refractivity contribution in [3.05, 3.63) is 30.0 Å². The summed E-state index contributed by atoms with van der Waals surface area (Å²) in [5.74, 6) is 0. The molecule has 1 aromatic carbocycles. The van der Waals surface area contributed by atoms with Crippen LogP contribution in [0.25, 0.3) is 10.9 Å². The Morgan fingerprint density at radius 3 is 2.64 bits per heavy atom. The van der Waals surface area contributed by atoms with E-state index in [0.29, 0.717) is 18.0 Å². The first-order chi connectivity index (χ1) is 10.3. The van der Waals surface area contributed by atoms with Crippen LogP contribution in [0.4, 0.5) is 0 Å². The SMILES string of the molecule is Cc1c(S(=O)(=O)N2CC(C)NCC2C)c2ccccc2n1C. The van der Waals surface area contributed by atoms with Gasteiger partial charge < -0.3 is 9.88 Å². The van der Waals surface area contributed by atoms with Gasteiger partial charge in [0.2, 0.25) is 10.0 Å². The normalized spacial score (nSPS) is 24.0. The third-order valence-electron chi connectivity index (χ3n) is 4.62. The summed E-state index contributed by atoms with van der Waals surface area (Å²) >= 11 is 0. The number of piperazine rings is 1. The first-order valence-electron chi connectivity index (χ1n) is 7.63. The van der Waals surface area contributed by atoms with Crippen LogP contribution in [0, 0.1) is 6.92 Å². The van der Waals surface area contributed by atoms with E-state index in [9.17, 15) is 8.42 Å². The quantitative estimate of drug-likeness (QED) is 0.918. The maximum Gasteiger partial charge on any atom is 0.245 e. The summed E-state index contributed by atoms with van der Waals surface area (Å²) in [6, 6.07) is 7.82. The monoisotopic (exact) mass is 321 g/mol. The fourth-order valence-corrected chi connectivity index (χ4v) is 5.42. The van der Waals surface area contributed by atoms with Crippen LogP contribution in [0.2, 0.25) is 0 Å². The Labute approximate surface area is 132 Å². The summed E-state index contributed by atoms with van der Waals surface area (Å²) in [5.41, 5.74) is 1.74. The molecule has 1 aliphatic heterocycles. The van der Waals surface area contributed by atoms with E-state index >= 15 is 0 Å². The minimum Gasteiger partial charge on any atom is -0.347 e. The average Bonchev–Trinajstić information content (AvgIpc) is 2.74. The van der Waals surface area contributed by atoms with Crippen molar-refractivity contribution in [1.82, 2.24) is 14.2 Å². The summed E-state index contributed by atoms with van der Waals surface area (Å²) in [5, 5.41) is 4.14. The van der Waals surface area contributed by atoms with E-state index in [1.54, 1.807) is 4.31 Å². The van der Waals surface area contributed by atoms with Gasteiger partial charge in [-0.05, 0) is 26.8 Å². The molecule has 2 atom stereocenters. The van der Waals surface area contributed by atoms with Gasteiger partial charge in [-0.15, -0.1) is 0 Å². The molecular weight excluding hydrogens is 298 g/mol. The molecule has 0 radical (unpaired) electrons. The predicted molar refractivity (Wildman–Crippen MR) is 88.5 cm³/mol. The molecule has 2 heterocycles. The van der Waals surface area contributed by atoms with Crippen LogP contribution >= 0.6 is 0 Å². The van der Waals surface area contributed by atoms with Crippen LogP contribution in [-0.2, 0) is 17.1 Å². The van der Waals surface area contributed by atoms with Gasteiger partial charge in [0.1, 0.15) is 4.90 Å². The summed E-state index contributed by atoms with van der Waals surface area (Å²) in [6.07, 6.45) is 0. The number of benzene rings is 1. The molecule has 6 heteroatoms. The number of rotatable bonds is 2. The average molecular weight is 321 g/mol. The van der Waals surface area contributed by atoms with E-state index in [1.165, 1.54) is 0 Å². The van der Waals surface area contributed by atoms with Crippen LogP contribution in [0.1, 0.15) is 19.5 Å². The number of para-hydroxylation sites is 1. The number of aromatic nitrogens is 1. The first kappa shape index (κ1) is 15.5. The van der Waals surface area contributed by atoms with Crippen molar-refractivity contribution in [2.75, 3.05) is 13.1 Å². The number of sulfonamides is 1. The molecule has 0 aliphatic carbocycles. The smallest absolute Gasteiger partial charge is 0.245 e. The van der Waals surface area contributed by atoms with Gasteiger partial charge in [-0.25, -0.2) is 8.42 Å². The highest BCUT2D eigenvalue weighted by Crippen LogP contribution is 2.32. The second-order valence-corrected chi connectivity index (χ2v) is 8.05. The molecule has 0 bridgehead atoms. The molecule has 0 spiro atoms. The highest BCUT2D eigenvalue weighted by molar-refractivity contribution is 7.89. The van der Waals surface area contributed by atoms with Gasteiger partial charge in [0.25, 0.3) is 0 Å². The summed E-state index contributed by atoms with van der Waals surface area (Å²) in [4.78, 5) is 0.451. The maximum atomic E-state index is 13.3. The van der Waals surface area contributed by atoms with Crippen LogP contribution < -0.4 is 5.32 Å². The third-order valence-corrected chi connectivity index (χ3v) is 6.77. The van der Waals surface area contributed by atoms with Crippen molar-refractivity contribution in [2.24, 2.45) is 7.05 Å². The number of nitrogens with one attached hydrogen (secondary N) is 1. The van der Waals surface area contributed by atoms with Crippen molar-refractivity contribution in [3.8, 4) is 0 Å². The van der Waals surface area contributed by atoms with Crippen molar-refractivity contribution in [2.45, 2.75) is 37.8 Å². The van der Waals surface area contributed by atoms with E-state index < -0.39 is 10.0 Å². The Hall–Kier alpha value is -1.37. The van der Waals surface area contributed by atoms with Gasteiger partial charge in [0.05, 0.1) is 0 Å². The van der Waals surface area contributed by atoms with Crippen LogP contribution in [0.5, 0.6) is 0 Å². The second-order valence-electron chi connectivity index (χ2n) is 6.22. The third kappa shape index (κ3) is 2.26. The van der Waals surface area contributed by atoms with E-state index in [0.717, 1.165) is 16.6 Å². The highest BCUT2D eigenvalue weighted by Gasteiger charge is 2.36. The zero-order valence-corrected chi connectivity index (χ0v) is 14.3. The predicted octanol–water partition coefficient (Wildman–Crippen LogP) is 1.86. The van der Waals surface area contributed by atoms with E-state index in [1.807, 2.05) is 56.7 Å². The summed E-state index contributed by atoms with van der Waals surface area (Å²) in [6.45, 7) is 7.04. The second kappa shape index (κ2) is 5.37. The fraction of sp³-hybridized carbons (Fsp3) is 0.500. The Balaban J connectivity index is 2.19. The van der Waals surface area contributed by atoms with Crippen molar-refractivity contribution in [3.63, 3.8) is 0 Å². The van der Waals surface area contributed by atoms with Gasteiger partial charge in [0.15, 0.2) is 0 Å². The van der Waals surface area contributed by atoms with Crippen LogP contribution in [0.3, 0.4) is 0 Å². The molecule has 120 valence electrons. The Bertz CT molecular complexity index is 810. The Kier molecular flexibility index (Phi) is 3.79. The van der Waals surface area contributed by atoms with Crippen molar-refractivity contribution in [1.29, 1.82) is 0 Å². The number of hydrogen-bond donors (Lipinski definition) is 1. The molecule has 2 aromatic rings. The molecule has 2 unspecified atom stereocenters. The topological polar surface area (TPSA) is 54.3 Å². The number of nitrogens with zero attached hydrogens (tertiary/aromatic N) is 2. The fourth-order valence-electron chi connectivity index (χ4n) is 3.25. The van der Waals surface area contributed by atoms with Crippen molar-refractivity contribution >= 4 is 20.9 Å². The largest absolute Gasteiger partial charge is 0.347 e. The van der Waals surface area contributed by atoms with Gasteiger partial charge in [-0.1, -0.05) is 18.2 Å². The molecule has 0 amide bonds. The molecule has 1 N–H and O–H groups in total. The standard InChI is InChI=1S/C16H23N3O2S/c1-11-10-19(12(2)9-17-11)22(20,21)16-13(3)18(4)15-8-6-5-7-14(15)16/h5-8,11-12,17H,9-10H2,1-4H3. The van der Waals surface area contributed by atoms with Gasteiger partial charge in [-0.3, -0.25) is 0 Å². The lowest BCUT2D eigenvalue weighted by Gasteiger charge is -2.36. The number of fused-ring (bicyclic) bond motifs is 1. The van der Waals surface area contributed by atoms with Crippen molar-refractivity contribution < 1.29 is 8.42 Å². The molecule has 1 fully saturated rings. The molecule has 3 rings (SSSR count). The molecular formula is C16H23N3O2S. The summed E-state index contributed by atoms with van der Waals surface area (Å²) < 4.78 is 30.2. The number of aryl methyl sites for hydroxylation is 1. The highest BCUT2D eigenvalue weighted by atomic mass is 32.2. The molecule has 1 aliphatic rings. The summed E-state index contributed by atoms with van der Waals surface area (Å²) in [7, 11) is -1.59. The van der Waals surface area contributed by atoms with E-state index in [2.05, 4.69) is 5.32 Å². The zero-order chi connectivity index (χ0) is 16.1. The zero-order valence-electron chi connectivity index (χ0n) is 13.5. The maximum absolute atomic E-state index is 13.3. The first-order valence-corrected chi connectivity index (χ1v) is 9.07. The van der Waals surface area contributed by atoms with Gasteiger partial charge in [-0.2, -0.15) is 4.31 Å². The lowest BCUT2D eigenvalue weighted by Crippen LogP contribution is -2.56. The Morgan fingerprint density at radius 1 is 1.23 bits per heavy atom. The van der Waals surface area contributed by atoms with E-state index in [-0.39, 0.29) is 12.1 Å². The minimum absolute atomic E-state index is 0.0421. The Morgan fingerprint density at radius 2 is 1.91 bits per heavy atom. The van der Waals surface area contributed by atoms with Gasteiger partial charge in [0, 0.05) is 48.8 Å². The number of hydrogen-bond acceptors (Lipinski definition) is 3. The molecule has 1 aromatic heterocycles. The minimum atomic E-state index is -3.51. The molecule has 0 saturated carbocycles. The van der Waals surface area contributed by atoms with Crippen LogP contribution in [-0.4, -0.2) is 42.5 Å². The van der Waals surface area contributed by atoms with Crippen LogP contribution in [0.15, 0.2) is 29.2 Å². The molecule has 5 nitrogen and oxygen atoms in total. The van der Waals surface area contributed by atoms with Gasteiger partial charge >= 0.3 is 0 Å². The van der Waals surface area contributed by atoms with E-state index in [4.69, 9.17) is 0 Å². The molecule has 22 heavy (non-hydrogen) atoms.